The van der Waals surface area contributed by atoms with E-state index >= 15 is 0 Å². The van der Waals surface area contributed by atoms with Crippen LogP contribution < -0.4 is 14.8 Å². The van der Waals surface area contributed by atoms with Gasteiger partial charge in [-0.25, -0.2) is 22.5 Å². The van der Waals surface area contributed by atoms with E-state index in [0.29, 0.717) is 5.56 Å². The van der Waals surface area contributed by atoms with E-state index in [2.05, 4.69) is 15.0 Å². The van der Waals surface area contributed by atoms with Gasteiger partial charge >= 0.3 is 6.18 Å². The lowest BCUT2D eigenvalue weighted by molar-refractivity contribution is -0.141. The monoisotopic (exact) mass is 525 g/mol. The van der Waals surface area contributed by atoms with E-state index in [1.165, 1.54) is 25.1 Å². The summed E-state index contributed by atoms with van der Waals surface area (Å²) in [5.74, 6) is -2.04. The van der Waals surface area contributed by atoms with Crippen LogP contribution in [-0.2, 0) is 34.1 Å². The number of ether oxygens (including phenoxy) is 1. The van der Waals surface area contributed by atoms with E-state index < -0.39 is 39.5 Å². The first-order valence-corrected chi connectivity index (χ1v) is 12.5. The van der Waals surface area contributed by atoms with Crippen LogP contribution in [-0.4, -0.2) is 25.6 Å². The maximum absolute atomic E-state index is 14.4. The van der Waals surface area contributed by atoms with Gasteiger partial charge in [0.05, 0.1) is 12.2 Å². The summed E-state index contributed by atoms with van der Waals surface area (Å²) in [6.45, 7) is 1.11. The standard InChI is InChI=1S/C24H23F4N3O4S/c1-15(16-8-9-17(20(25)12-16)14-30-36(2,33)34)22(32)29-13-18-10-11-21(24(26,27)28)31-23(18)35-19-6-4-3-5-7-19/h3-12,15,30H,13-14H2,1-2H3,(H,29,32). The lowest BCUT2D eigenvalue weighted by Gasteiger charge is -2.16. The zero-order valence-corrected chi connectivity index (χ0v) is 20.1. The second-order valence-corrected chi connectivity index (χ2v) is 9.79. The number of benzene rings is 2. The highest BCUT2D eigenvalue weighted by Gasteiger charge is 2.33. The van der Waals surface area contributed by atoms with Gasteiger partial charge in [-0.1, -0.05) is 30.3 Å². The molecule has 0 spiro atoms. The fourth-order valence-electron chi connectivity index (χ4n) is 3.12. The Morgan fingerprint density at radius 2 is 1.69 bits per heavy atom. The maximum atomic E-state index is 14.4. The number of carbonyl (C=O) groups is 1. The molecule has 0 aliphatic carbocycles. The van der Waals surface area contributed by atoms with Crippen molar-refractivity contribution < 1.29 is 35.5 Å². The van der Waals surface area contributed by atoms with E-state index in [-0.39, 0.29) is 35.8 Å². The van der Waals surface area contributed by atoms with Gasteiger partial charge in [-0.2, -0.15) is 13.2 Å². The van der Waals surface area contributed by atoms with Crippen molar-refractivity contribution in [1.82, 2.24) is 15.0 Å². The van der Waals surface area contributed by atoms with Gasteiger partial charge in [-0.05, 0) is 42.8 Å². The number of hydrogen-bond acceptors (Lipinski definition) is 5. The Balaban J connectivity index is 1.73. The number of para-hydroxylation sites is 1. The Hall–Kier alpha value is -3.51. The van der Waals surface area contributed by atoms with Crippen molar-refractivity contribution in [3.8, 4) is 11.6 Å². The van der Waals surface area contributed by atoms with Gasteiger partial charge in [0.1, 0.15) is 17.3 Å². The van der Waals surface area contributed by atoms with Gasteiger partial charge in [-0.3, -0.25) is 4.79 Å². The van der Waals surface area contributed by atoms with E-state index in [9.17, 15) is 30.8 Å². The summed E-state index contributed by atoms with van der Waals surface area (Å²) >= 11 is 0. The predicted molar refractivity (Wildman–Crippen MR) is 124 cm³/mol. The molecule has 0 fully saturated rings. The highest BCUT2D eigenvalue weighted by atomic mass is 32.2. The number of amides is 1. The molecule has 1 heterocycles. The largest absolute Gasteiger partial charge is 0.439 e. The average molecular weight is 526 g/mol. The molecule has 0 aliphatic rings. The Bertz CT molecular complexity index is 1330. The second-order valence-electron chi connectivity index (χ2n) is 7.96. The van der Waals surface area contributed by atoms with Gasteiger partial charge in [0.2, 0.25) is 21.8 Å². The van der Waals surface area contributed by atoms with Crippen LogP contribution >= 0.6 is 0 Å². The number of carbonyl (C=O) groups excluding carboxylic acids is 1. The fraction of sp³-hybridized carbons (Fsp3) is 0.250. The van der Waals surface area contributed by atoms with Crippen LogP contribution in [0.4, 0.5) is 17.6 Å². The molecule has 1 aromatic heterocycles. The first-order valence-electron chi connectivity index (χ1n) is 10.6. The molecule has 36 heavy (non-hydrogen) atoms. The van der Waals surface area contributed by atoms with E-state index in [0.717, 1.165) is 18.4 Å². The summed E-state index contributed by atoms with van der Waals surface area (Å²) in [7, 11) is -3.51. The molecular formula is C24H23F4N3O4S. The summed E-state index contributed by atoms with van der Waals surface area (Å²) in [4.78, 5) is 16.3. The van der Waals surface area contributed by atoms with Crippen LogP contribution in [0, 0.1) is 5.82 Å². The topological polar surface area (TPSA) is 97.4 Å². The summed E-state index contributed by atoms with van der Waals surface area (Å²) in [5, 5.41) is 2.61. The number of pyridine rings is 1. The summed E-state index contributed by atoms with van der Waals surface area (Å²) in [6.07, 6.45) is -3.73. The number of hydrogen-bond donors (Lipinski definition) is 2. The van der Waals surface area contributed by atoms with Crippen LogP contribution in [0.3, 0.4) is 0 Å². The highest BCUT2D eigenvalue weighted by Crippen LogP contribution is 2.32. The third kappa shape index (κ3) is 7.49. The Kier molecular flexibility index (Phi) is 8.31. The van der Waals surface area contributed by atoms with Gasteiger partial charge < -0.3 is 10.1 Å². The van der Waals surface area contributed by atoms with E-state index in [1.54, 1.807) is 30.3 Å². The molecule has 192 valence electrons. The molecule has 12 heteroatoms. The number of nitrogens with zero attached hydrogens (tertiary/aromatic N) is 1. The van der Waals surface area contributed by atoms with Crippen molar-refractivity contribution in [3.05, 3.63) is 88.9 Å². The Morgan fingerprint density at radius 1 is 1.03 bits per heavy atom. The zero-order chi connectivity index (χ0) is 26.5. The van der Waals surface area contributed by atoms with Crippen molar-refractivity contribution in [2.45, 2.75) is 32.1 Å². The van der Waals surface area contributed by atoms with Gasteiger partial charge in [0, 0.05) is 24.2 Å². The molecule has 2 aromatic carbocycles. The van der Waals surface area contributed by atoms with Crippen molar-refractivity contribution in [1.29, 1.82) is 0 Å². The van der Waals surface area contributed by atoms with Crippen LogP contribution in [0.1, 0.15) is 35.2 Å². The molecule has 1 amide bonds. The van der Waals surface area contributed by atoms with Crippen LogP contribution in [0.15, 0.2) is 60.7 Å². The first-order chi connectivity index (χ1) is 16.8. The molecular weight excluding hydrogens is 502 g/mol. The maximum Gasteiger partial charge on any atom is 0.433 e. The third-order valence-electron chi connectivity index (χ3n) is 5.14. The first kappa shape index (κ1) is 27.1. The van der Waals surface area contributed by atoms with Gasteiger partial charge in [-0.15, -0.1) is 0 Å². The number of rotatable bonds is 9. The molecule has 0 aliphatic heterocycles. The van der Waals surface area contributed by atoms with E-state index in [4.69, 9.17) is 4.74 Å². The predicted octanol–water partition coefficient (Wildman–Crippen LogP) is 4.50. The third-order valence-corrected chi connectivity index (χ3v) is 5.80. The molecule has 7 nitrogen and oxygen atoms in total. The summed E-state index contributed by atoms with van der Waals surface area (Å²) < 4.78 is 84.0. The average Bonchev–Trinajstić information content (AvgIpc) is 2.81. The number of alkyl halides is 3. The molecule has 3 rings (SSSR count). The smallest absolute Gasteiger partial charge is 0.433 e. The lowest BCUT2D eigenvalue weighted by atomic mass is 9.98. The van der Waals surface area contributed by atoms with Crippen molar-refractivity contribution in [3.63, 3.8) is 0 Å². The molecule has 2 N–H and O–H groups in total. The number of sulfonamides is 1. The van der Waals surface area contributed by atoms with Crippen molar-refractivity contribution >= 4 is 15.9 Å². The minimum Gasteiger partial charge on any atom is -0.439 e. The Morgan fingerprint density at radius 3 is 2.31 bits per heavy atom. The SMILES string of the molecule is CC(C(=O)NCc1ccc(C(F)(F)F)nc1Oc1ccccc1)c1ccc(CNS(C)(=O)=O)c(F)c1. The molecule has 0 radical (unpaired) electrons. The number of aromatic nitrogens is 1. The summed E-state index contributed by atoms with van der Waals surface area (Å²) in [5.41, 5.74) is -0.492. The normalized spacial score (nSPS) is 12.7. The highest BCUT2D eigenvalue weighted by molar-refractivity contribution is 7.88. The molecule has 0 saturated carbocycles. The lowest BCUT2D eigenvalue weighted by Crippen LogP contribution is -2.28. The Labute approximate surface area is 205 Å². The van der Waals surface area contributed by atoms with Crippen LogP contribution in [0.2, 0.25) is 0 Å². The minimum absolute atomic E-state index is 0.107. The molecule has 1 atom stereocenters. The molecule has 0 bridgehead atoms. The minimum atomic E-state index is -4.68. The fourth-order valence-corrected chi connectivity index (χ4v) is 3.54. The van der Waals surface area contributed by atoms with Crippen molar-refractivity contribution in [2.24, 2.45) is 0 Å². The van der Waals surface area contributed by atoms with Crippen LogP contribution in [0.5, 0.6) is 11.6 Å². The van der Waals surface area contributed by atoms with Crippen LogP contribution in [0.25, 0.3) is 0 Å². The second kappa shape index (κ2) is 11.0. The van der Waals surface area contributed by atoms with Gasteiger partial charge in [0.25, 0.3) is 0 Å². The summed E-state index contributed by atoms with van der Waals surface area (Å²) in [6, 6.07) is 14.1. The molecule has 1 unspecified atom stereocenters. The molecule has 3 aromatic rings. The molecule has 0 saturated heterocycles. The zero-order valence-electron chi connectivity index (χ0n) is 19.3. The van der Waals surface area contributed by atoms with Gasteiger partial charge in [0.15, 0.2) is 0 Å². The van der Waals surface area contributed by atoms with Crippen molar-refractivity contribution in [2.75, 3.05) is 6.26 Å². The van der Waals surface area contributed by atoms with E-state index in [1.807, 2.05) is 0 Å². The number of halogens is 4. The number of nitrogens with one attached hydrogen (secondary N) is 2. The quantitative estimate of drug-likeness (QED) is 0.401.